The van der Waals surface area contributed by atoms with Crippen molar-refractivity contribution in [2.75, 3.05) is 0 Å². The first-order valence-electron chi connectivity index (χ1n) is 7.63. The predicted octanol–water partition coefficient (Wildman–Crippen LogP) is 5.31. The standard InChI is InChI=1S/C19H28O2/c1-7-8-15-10-16(20)11-18(21)19(15)17(9-12(2)3)14(6)13(4)5/h9-11,14,17,20-21H,4,7-8H2,1-3,5-6H3/t14?,17-/m1/s1. The minimum Gasteiger partial charge on any atom is -0.508 e. The SMILES string of the molecule is C=C(C)C(C)[C@@H](C=C(C)C)c1c(O)cc(O)cc1CCC. The fraction of sp³-hybridized carbons (Fsp3) is 0.474. The van der Waals surface area contributed by atoms with E-state index in [1.807, 2.05) is 6.92 Å². The summed E-state index contributed by atoms with van der Waals surface area (Å²) in [7, 11) is 0. The fourth-order valence-corrected chi connectivity index (χ4v) is 2.68. The largest absolute Gasteiger partial charge is 0.508 e. The molecule has 1 rings (SSSR count). The smallest absolute Gasteiger partial charge is 0.123 e. The van der Waals surface area contributed by atoms with E-state index in [-0.39, 0.29) is 23.3 Å². The van der Waals surface area contributed by atoms with Gasteiger partial charge in [-0.3, -0.25) is 0 Å². The van der Waals surface area contributed by atoms with Crippen molar-refractivity contribution in [3.63, 3.8) is 0 Å². The van der Waals surface area contributed by atoms with Crippen LogP contribution in [-0.4, -0.2) is 10.2 Å². The van der Waals surface area contributed by atoms with Gasteiger partial charge in [0.05, 0.1) is 0 Å². The zero-order chi connectivity index (χ0) is 16.2. The average molecular weight is 288 g/mol. The zero-order valence-corrected chi connectivity index (χ0v) is 13.9. The molecule has 1 aromatic rings. The summed E-state index contributed by atoms with van der Waals surface area (Å²) in [6.45, 7) is 14.5. The van der Waals surface area contributed by atoms with Crippen LogP contribution in [0.25, 0.3) is 0 Å². The first-order valence-corrected chi connectivity index (χ1v) is 7.63. The van der Waals surface area contributed by atoms with Crippen molar-refractivity contribution in [1.82, 2.24) is 0 Å². The highest BCUT2D eigenvalue weighted by Gasteiger charge is 2.24. The van der Waals surface area contributed by atoms with Crippen LogP contribution < -0.4 is 0 Å². The number of aryl methyl sites for hydroxylation is 1. The van der Waals surface area contributed by atoms with Gasteiger partial charge in [-0.15, -0.1) is 0 Å². The molecule has 0 aliphatic heterocycles. The molecule has 0 fully saturated rings. The highest BCUT2D eigenvalue weighted by molar-refractivity contribution is 5.50. The van der Waals surface area contributed by atoms with E-state index in [4.69, 9.17) is 0 Å². The van der Waals surface area contributed by atoms with Gasteiger partial charge >= 0.3 is 0 Å². The number of allylic oxidation sites excluding steroid dienone is 3. The molecular formula is C19H28O2. The van der Waals surface area contributed by atoms with Gasteiger partial charge in [-0.05, 0) is 44.7 Å². The predicted molar refractivity (Wildman–Crippen MR) is 89.9 cm³/mol. The molecule has 0 aromatic heterocycles. The Balaban J connectivity index is 3.49. The van der Waals surface area contributed by atoms with Crippen LogP contribution in [0.2, 0.25) is 0 Å². The Morgan fingerprint density at radius 2 is 1.86 bits per heavy atom. The van der Waals surface area contributed by atoms with Crippen molar-refractivity contribution < 1.29 is 10.2 Å². The molecule has 0 spiro atoms. The van der Waals surface area contributed by atoms with Crippen molar-refractivity contribution in [3.05, 3.63) is 47.1 Å². The lowest BCUT2D eigenvalue weighted by atomic mass is 9.79. The highest BCUT2D eigenvalue weighted by Crippen LogP contribution is 2.40. The van der Waals surface area contributed by atoms with Crippen LogP contribution in [0.5, 0.6) is 11.5 Å². The molecule has 0 bridgehead atoms. The van der Waals surface area contributed by atoms with Crippen LogP contribution in [0.15, 0.2) is 35.9 Å². The molecule has 0 saturated carbocycles. The average Bonchev–Trinajstić information content (AvgIpc) is 2.35. The molecule has 2 heteroatoms. The lowest BCUT2D eigenvalue weighted by Crippen LogP contribution is -2.12. The van der Waals surface area contributed by atoms with Crippen molar-refractivity contribution >= 4 is 0 Å². The first-order chi connectivity index (χ1) is 9.77. The second-order valence-electron chi connectivity index (χ2n) is 6.19. The van der Waals surface area contributed by atoms with Crippen molar-refractivity contribution in [1.29, 1.82) is 0 Å². The second kappa shape index (κ2) is 7.35. The number of aromatic hydroxyl groups is 2. The molecule has 1 unspecified atom stereocenters. The zero-order valence-electron chi connectivity index (χ0n) is 13.9. The molecular weight excluding hydrogens is 260 g/mol. The molecule has 0 aliphatic rings. The molecule has 0 heterocycles. The molecule has 21 heavy (non-hydrogen) atoms. The molecule has 116 valence electrons. The molecule has 0 amide bonds. The van der Waals surface area contributed by atoms with Crippen LogP contribution in [0.3, 0.4) is 0 Å². The second-order valence-corrected chi connectivity index (χ2v) is 6.19. The van der Waals surface area contributed by atoms with Crippen LogP contribution in [0, 0.1) is 5.92 Å². The van der Waals surface area contributed by atoms with Gasteiger partial charge < -0.3 is 10.2 Å². The van der Waals surface area contributed by atoms with Crippen molar-refractivity contribution in [2.45, 2.75) is 53.4 Å². The number of benzene rings is 1. The van der Waals surface area contributed by atoms with Crippen molar-refractivity contribution in [2.24, 2.45) is 5.92 Å². The summed E-state index contributed by atoms with van der Waals surface area (Å²) in [5, 5.41) is 20.2. The fourth-order valence-electron chi connectivity index (χ4n) is 2.68. The van der Waals surface area contributed by atoms with E-state index in [0.717, 1.165) is 29.5 Å². The maximum Gasteiger partial charge on any atom is 0.123 e. The summed E-state index contributed by atoms with van der Waals surface area (Å²) in [6, 6.07) is 3.21. The van der Waals surface area contributed by atoms with E-state index in [1.54, 1.807) is 6.07 Å². The molecule has 1 aromatic carbocycles. The third-order valence-corrected chi connectivity index (χ3v) is 3.91. The molecule has 0 radical (unpaired) electrons. The molecule has 2 atom stereocenters. The third kappa shape index (κ3) is 4.38. The van der Waals surface area contributed by atoms with Gasteiger partial charge in [0.15, 0.2) is 0 Å². The summed E-state index contributed by atoms with van der Waals surface area (Å²) in [5.41, 5.74) is 4.24. The van der Waals surface area contributed by atoms with Gasteiger partial charge in [0.2, 0.25) is 0 Å². The Bertz CT molecular complexity index is 537. The van der Waals surface area contributed by atoms with E-state index in [9.17, 15) is 10.2 Å². The number of phenols is 2. The lowest BCUT2D eigenvalue weighted by Gasteiger charge is -2.26. The van der Waals surface area contributed by atoms with E-state index < -0.39 is 0 Å². The van der Waals surface area contributed by atoms with Gasteiger partial charge in [-0.2, -0.15) is 0 Å². The summed E-state index contributed by atoms with van der Waals surface area (Å²) in [6.07, 6.45) is 4.00. The number of rotatable bonds is 6. The van der Waals surface area contributed by atoms with E-state index in [0.29, 0.717) is 0 Å². The maximum atomic E-state index is 10.4. The maximum absolute atomic E-state index is 10.4. The Hall–Kier alpha value is -1.70. The Labute approximate surface area is 128 Å². The topological polar surface area (TPSA) is 40.5 Å². The first kappa shape index (κ1) is 17.4. The lowest BCUT2D eigenvalue weighted by molar-refractivity contribution is 0.436. The van der Waals surface area contributed by atoms with Crippen LogP contribution >= 0.6 is 0 Å². The molecule has 0 aliphatic carbocycles. The van der Waals surface area contributed by atoms with Gasteiger partial charge in [0, 0.05) is 17.5 Å². The van der Waals surface area contributed by atoms with Crippen LogP contribution in [0.4, 0.5) is 0 Å². The highest BCUT2D eigenvalue weighted by atomic mass is 16.3. The van der Waals surface area contributed by atoms with Gasteiger partial charge in [-0.1, -0.05) is 44.1 Å². The Morgan fingerprint density at radius 1 is 1.24 bits per heavy atom. The van der Waals surface area contributed by atoms with E-state index in [1.165, 1.54) is 11.6 Å². The monoisotopic (exact) mass is 288 g/mol. The van der Waals surface area contributed by atoms with E-state index in [2.05, 4.69) is 40.3 Å². The van der Waals surface area contributed by atoms with Crippen LogP contribution in [0.1, 0.15) is 58.1 Å². The summed E-state index contributed by atoms with van der Waals surface area (Å²) >= 11 is 0. The molecule has 2 N–H and O–H groups in total. The Morgan fingerprint density at radius 3 is 2.33 bits per heavy atom. The summed E-state index contributed by atoms with van der Waals surface area (Å²) in [4.78, 5) is 0. The Kier molecular flexibility index (Phi) is 6.07. The normalized spacial score (nSPS) is 13.6. The number of phenolic OH excluding ortho intramolecular Hbond substituents is 2. The minimum absolute atomic E-state index is 0.0784. The number of hydrogen-bond acceptors (Lipinski definition) is 2. The summed E-state index contributed by atoms with van der Waals surface area (Å²) < 4.78 is 0. The van der Waals surface area contributed by atoms with Crippen molar-refractivity contribution in [3.8, 4) is 11.5 Å². The number of hydrogen-bond donors (Lipinski definition) is 2. The van der Waals surface area contributed by atoms with Gasteiger partial charge in [0.1, 0.15) is 11.5 Å². The molecule has 0 saturated heterocycles. The van der Waals surface area contributed by atoms with E-state index >= 15 is 0 Å². The van der Waals surface area contributed by atoms with Gasteiger partial charge in [0.25, 0.3) is 0 Å². The third-order valence-electron chi connectivity index (χ3n) is 3.91. The summed E-state index contributed by atoms with van der Waals surface area (Å²) in [5.74, 6) is 0.605. The quantitative estimate of drug-likeness (QED) is 0.696. The minimum atomic E-state index is 0.0784. The van der Waals surface area contributed by atoms with Crippen LogP contribution in [-0.2, 0) is 6.42 Å². The molecule has 2 nitrogen and oxygen atoms in total. The van der Waals surface area contributed by atoms with Gasteiger partial charge in [-0.25, -0.2) is 0 Å².